The van der Waals surface area contributed by atoms with Gasteiger partial charge in [-0.3, -0.25) is 9.59 Å². The van der Waals surface area contributed by atoms with Crippen molar-refractivity contribution < 1.29 is 14.3 Å². The van der Waals surface area contributed by atoms with Gasteiger partial charge in [0.2, 0.25) is 5.91 Å². The van der Waals surface area contributed by atoms with Gasteiger partial charge in [0.15, 0.2) is 5.60 Å². The minimum Gasteiger partial charge on any atom is -0.478 e. The molecular weight excluding hydrogens is 387 g/mol. The number of amides is 2. The predicted octanol–water partition coefficient (Wildman–Crippen LogP) is 4.24. The van der Waals surface area contributed by atoms with Crippen LogP contribution in [0.2, 0.25) is 0 Å². The lowest BCUT2D eigenvalue weighted by molar-refractivity contribution is -0.128. The summed E-state index contributed by atoms with van der Waals surface area (Å²) in [5, 5.41) is 2.77. The fourth-order valence-electron chi connectivity index (χ4n) is 2.68. The molecule has 0 spiro atoms. The summed E-state index contributed by atoms with van der Waals surface area (Å²) in [4.78, 5) is 23.7. The maximum absolute atomic E-state index is 12.6. The number of primary amides is 1. The second-order valence-electron chi connectivity index (χ2n) is 7.09. The lowest BCUT2D eigenvalue weighted by atomic mass is 10.1. The van der Waals surface area contributed by atoms with Crippen molar-refractivity contribution in [1.29, 1.82) is 0 Å². The molecule has 3 N–H and O–H groups in total. The second-order valence-corrected chi connectivity index (χ2v) is 8.64. The van der Waals surface area contributed by atoms with Crippen LogP contribution in [-0.2, 0) is 4.79 Å². The summed E-state index contributed by atoms with van der Waals surface area (Å²) in [5.74, 6) is -0.138. The van der Waals surface area contributed by atoms with Crippen LogP contribution >= 0.6 is 23.2 Å². The van der Waals surface area contributed by atoms with E-state index >= 15 is 0 Å². The zero-order chi connectivity index (χ0) is 19.8. The van der Waals surface area contributed by atoms with Crippen molar-refractivity contribution in [2.75, 3.05) is 5.32 Å². The number of nitrogens with one attached hydrogen (secondary N) is 1. The van der Waals surface area contributed by atoms with Crippen LogP contribution in [0, 0.1) is 0 Å². The summed E-state index contributed by atoms with van der Waals surface area (Å²) < 4.78 is 5.18. The van der Waals surface area contributed by atoms with Crippen molar-refractivity contribution in [3.05, 3.63) is 59.7 Å². The summed E-state index contributed by atoms with van der Waals surface area (Å²) in [6, 6.07) is 13.7. The third kappa shape index (κ3) is 4.54. The SMILES string of the molecule is CC(C)(Oc1ccc(C2CC2(Cl)Cl)cc1)C(=O)Nc1ccc(C(N)=O)cc1. The maximum Gasteiger partial charge on any atom is 0.267 e. The van der Waals surface area contributed by atoms with Gasteiger partial charge >= 0.3 is 0 Å². The smallest absolute Gasteiger partial charge is 0.267 e. The van der Waals surface area contributed by atoms with Crippen LogP contribution in [0.25, 0.3) is 0 Å². The van der Waals surface area contributed by atoms with Crippen molar-refractivity contribution >= 4 is 40.7 Å². The number of carbonyl (C=O) groups excluding carboxylic acids is 2. The van der Waals surface area contributed by atoms with Gasteiger partial charge in [-0.25, -0.2) is 0 Å². The topological polar surface area (TPSA) is 81.4 Å². The molecule has 0 saturated heterocycles. The number of halogens is 2. The molecule has 7 heteroatoms. The molecule has 1 aliphatic carbocycles. The average Bonchev–Trinajstić information content (AvgIpc) is 3.24. The molecule has 142 valence electrons. The number of rotatable bonds is 6. The number of nitrogens with two attached hydrogens (primary N) is 1. The normalized spacial score (nSPS) is 17.9. The van der Waals surface area contributed by atoms with E-state index in [4.69, 9.17) is 33.7 Å². The first-order chi connectivity index (χ1) is 12.6. The van der Waals surface area contributed by atoms with Crippen molar-refractivity contribution in [2.24, 2.45) is 5.73 Å². The number of hydrogen-bond donors (Lipinski definition) is 2. The summed E-state index contributed by atoms with van der Waals surface area (Å²) >= 11 is 12.2. The Morgan fingerprint density at radius 3 is 2.15 bits per heavy atom. The molecule has 2 aromatic carbocycles. The third-order valence-electron chi connectivity index (χ3n) is 4.46. The molecule has 0 aromatic heterocycles. The number of ether oxygens (including phenoxy) is 1. The first kappa shape index (κ1) is 19.5. The Balaban J connectivity index is 1.63. The number of alkyl halides is 2. The van der Waals surface area contributed by atoms with E-state index in [0.717, 1.165) is 12.0 Å². The second kappa shape index (κ2) is 7.06. The monoisotopic (exact) mass is 406 g/mol. The largest absolute Gasteiger partial charge is 0.478 e. The van der Waals surface area contributed by atoms with E-state index < -0.39 is 15.8 Å². The molecule has 27 heavy (non-hydrogen) atoms. The van der Waals surface area contributed by atoms with Gasteiger partial charge in [-0.2, -0.15) is 0 Å². The van der Waals surface area contributed by atoms with Gasteiger partial charge in [-0.15, -0.1) is 23.2 Å². The van der Waals surface area contributed by atoms with Gasteiger partial charge < -0.3 is 15.8 Å². The Hall–Kier alpha value is -2.24. The lowest BCUT2D eigenvalue weighted by Crippen LogP contribution is -2.42. The molecular formula is C20H20Cl2N2O3. The molecule has 0 aliphatic heterocycles. The summed E-state index contributed by atoms with van der Waals surface area (Å²) in [6.45, 7) is 3.36. The van der Waals surface area contributed by atoms with Gasteiger partial charge in [0, 0.05) is 17.2 Å². The summed E-state index contributed by atoms with van der Waals surface area (Å²) in [5.41, 5.74) is 6.07. The predicted molar refractivity (Wildman–Crippen MR) is 107 cm³/mol. The Kier molecular flexibility index (Phi) is 5.10. The Labute approximate surface area is 167 Å². The van der Waals surface area contributed by atoms with Crippen LogP contribution in [0.3, 0.4) is 0 Å². The number of carbonyl (C=O) groups is 2. The van der Waals surface area contributed by atoms with E-state index in [1.807, 2.05) is 12.1 Å². The van der Waals surface area contributed by atoms with E-state index in [9.17, 15) is 9.59 Å². The molecule has 1 atom stereocenters. The third-order valence-corrected chi connectivity index (χ3v) is 5.29. The quantitative estimate of drug-likeness (QED) is 0.703. The maximum atomic E-state index is 12.6. The molecule has 3 rings (SSSR count). The van der Waals surface area contributed by atoms with Gasteiger partial charge in [0.25, 0.3) is 5.91 Å². The van der Waals surface area contributed by atoms with Gasteiger partial charge in [0.1, 0.15) is 10.1 Å². The average molecular weight is 407 g/mol. The zero-order valence-corrected chi connectivity index (χ0v) is 16.5. The molecule has 1 saturated carbocycles. The molecule has 0 radical (unpaired) electrons. The minimum absolute atomic E-state index is 0.134. The van der Waals surface area contributed by atoms with Crippen molar-refractivity contribution in [1.82, 2.24) is 0 Å². The van der Waals surface area contributed by atoms with Crippen LogP contribution in [0.1, 0.15) is 42.1 Å². The van der Waals surface area contributed by atoms with Crippen LogP contribution in [-0.4, -0.2) is 21.7 Å². The highest BCUT2D eigenvalue weighted by Gasteiger charge is 2.52. The van der Waals surface area contributed by atoms with E-state index in [-0.39, 0.29) is 11.8 Å². The van der Waals surface area contributed by atoms with Crippen LogP contribution in [0.5, 0.6) is 5.75 Å². The van der Waals surface area contributed by atoms with E-state index in [1.54, 1.807) is 50.2 Å². The number of benzene rings is 2. The summed E-state index contributed by atoms with van der Waals surface area (Å²) in [7, 11) is 0. The number of hydrogen-bond acceptors (Lipinski definition) is 3. The Bertz CT molecular complexity index is 862. The number of anilines is 1. The fraction of sp³-hybridized carbons (Fsp3) is 0.300. The van der Waals surface area contributed by atoms with E-state index in [1.165, 1.54) is 0 Å². The van der Waals surface area contributed by atoms with Gasteiger partial charge in [0.05, 0.1) is 0 Å². The highest BCUT2D eigenvalue weighted by Crippen LogP contribution is 2.59. The van der Waals surface area contributed by atoms with Gasteiger partial charge in [-0.05, 0) is 62.2 Å². The van der Waals surface area contributed by atoms with E-state index in [2.05, 4.69) is 5.32 Å². The molecule has 1 aliphatic rings. The molecule has 2 amide bonds. The van der Waals surface area contributed by atoms with Crippen molar-refractivity contribution in [3.63, 3.8) is 0 Å². The van der Waals surface area contributed by atoms with Crippen LogP contribution in [0.4, 0.5) is 5.69 Å². The Morgan fingerprint density at radius 2 is 1.67 bits per heavy atom. The molecule has 0 heterocycles. The first-order valence-corrected chi connectivity index (χ1v) is 9.22. The first-order valence-electron chi connectivity index (χ1n) is 8.47. The summed E-state index contributed by atoms with van der Waals surface area (Å²) in [6.07, 6.45) is 0.735. The molecule has 1 fully saturated rings. The molecule has 0 bridgehead atoms. The Morgan fingerprint density at radius 1 is 1.11 bits per heavy atom. The fourth-order valence-corrected chi connectivity index (χ4v) is 3.24. The minimum atomic E-state index is -1.10. The lowest BCUT2D eigenvalue weighted by Gasteiger charge is -2.25. The molecule has 2 aromatic rings. The van der Waals surface area contributed by atoms with Crippen LogP contribution < -0.4 is 15.8 Å². The standard InChI is InChI=1S/C20H20Cl2N2O3/c1-19(2,18(26)24-14-7-3-13(4-8-14)17(23)25)27-15-9-5-12(6-10-15)16-11-20(16,21)22/h3-10,16H,11H2,1-2H3,(H2,23,25)(H,24,26). The van der Waals surface area contributed by atoms with E-state index in [0.29, 0.717) is 17.0 Å². The van der Waals surface area contributed by atoms with Crippen LogP contribution in [0.15, 0.2) is 48.5 Å². The van der Waals surface area contributed by atoms with Crippen molar-refractivity contribution in [2.45, 2.75) is 36.1 Å². The highest BCUT2D eigenvalue weighted by atomic mass is 35.5. The zero-order valence-electron chi connectivity index (χ0n) is 15.0. The van der Waals surface area contributed by atoms with Gasteiger partial charge in [-0.1, -0.05) is 12.1 Å². The van der Waals surface area contributed by atoms with Crippen molar-refractivity contribution in [3.8, 4) is 5.75 Å². The molecule has 1 unspecified atom stereocenters. The highest BCUT2D eigenvalue weighted by molar-refractivity contribution is 6.51. The molecule has 5 nitrogen and oxygen atoms in total.